The van der Waals surface area contributed by atoms with E-state index in [-0.39, 0.29) is 5.91 Å². The maximum absolute atomic E-state index is 12.5. The van der Waals surface area contributed by atoms with Gasteiger partial charge in [-0.3, -0.25) is 9.69 Å². The van der Waals surface area contributed by atoms with Gasteiger partial charge in [0.15, 0.2) is 0 Å². The van der Waals surface area contributed by atoms with E-state index < -0.39 is 0 Å². The minimum absolute atomic E-state index is 0.219. The van der Waals surface area contributed by atoms with Crippen molar-refractivity contribution in [2.75, 3.05) is 32.7 Å². The number of para-hydroxylation sites is 1. The summed E-state index contributed by atoms with van der Waals surface area (Å²) in [4.78, 5) is 20.1. The summed E-state index contributed by atoms with van der Waals surface area (Å²) in [6.07, 6.45) is 4.39. The third kappa shape index (κ3) is 4.13. The molecule has 2 aromatic rings. The van der Waals surface area contributed by atoms with Crippen molar-refractivity contribution >= 4 is 16.8 Å². The molecule has 1 N–H and O–H groups in total. The Balaban J connectivity index is 1.57. The summed E-state index contributed by atoms with van der Waals surface area (Å²) >= 11 is 0. The van der Waals surface area contributed by atoms with Gasteiger partial charge in [-0.2, -0.15) is 0 Å². The lowest BCUT2D eigenvalue weighted by atomic mass is 9.89. The summed E-state index contributed by atoms with van der Waals surface area (Å²) in [5.41, 5.74) is 3.68. The number of benzene rings is 1. The third-order valence-electron chi connectivity index (χ3n) is 5.20. The number of hydrogen-bond donors (Lipinski definition) is 1. The molecule has 1 aromatic carbocycles. The van der Waals surface area contributed by atoms with Crippen LogP contribution >= 0.6 is 0 Å². The number of rotatable bonds is 6. The van der Waals surface area contributed by atoms with Crippen LogP contribution in [0.15, 0.2) is 42.6 Å². The Morgan fingerprint density at radius 1 is 1.32 bits per heavy atom. The van der Waals surface area contributed by atoms with Crippen LogP contribution in [-0.2, 0) is 4.79 Å². The summed E-state index contributed by atoms with van der Waals surface area (Å²) in [6, 6.07) is 8.51. The molecule has 1 aromatic heterocycles. The molecular formula is C21H29N3O. The molecular weight excluding hydrogens is 310 g/mol. The summed E-state index contributed by atoms with van der Waals surface area (Å²) in [5, 5.41) is 1.34. The fourth-order valence-electron chi connectivity index (χ4n) is 3.83. The van der Waals surface area contributed by atoms with Crippen LogP contribution in [0.2, 0.25) is 0 Å². The van der Waals surface area contributed by atoms with Gasteiger partial charge < -0.3 is 9.88 Å². The first-order valence-electron chi connectivity index (χ1n) is 9.29. The largest absolute Gasteiger partial charge is 0.361 e. The zero-order valence-corrected chi connectivity index (χ0v) is 15.4. The molecule has 0 bridgehead atoms. The van der Waals surface area contributed by atoms with E-state index in [0.29, 0.717) is 19.0 Å². The molecule has 0 aliphatic carbocycles. The van der Waals surface area contributed by atoms with Gasteiger partial charge in [0.1, 0.15) is 0 Å². The average Bonchev–Trinajstić information content (AvgIpc) is 3.04. The average molecular weight is 339 g/mol. The van der Waals surface area contributed by atoms with E-state index in [1.165, 1.54) is 16.5 Å². The molecule has 2 heterocycles. The molecule has 1 amide bonds. The van der Waals surface area contributed by atoms with Crippen LogP contribution in [0.4, 0.5) is 0 Å². The molecule has 1 aliphatic rings. The first-order valence-corrected chi connectivity index (χ1v) is 9.29. The number of nitrogens with one attached hydrogen (secondary N) is 1. The predicted molar refractivity (Wildman–Crippen MR) is 104 cm³/mol. The number of amides is 1. The van der Waals surface area contributed by atoms with Crippen LogP contribution in [0.1, 0.15) is 38.2 Å². The Kier molecular flexibility index (Phi) is 5.59. The topological polar surface area (TPSA) is 39.3 Å². The van der Waals surface area contributed by atoms with Gasteiger partial charge >= 0.3 is 0 Å². The normalized spacial score (nSPS) is 16.2. The van der Waals surface area contributed by atoms with Crippen molar-refractivity contribution in [1.82, 2.24) is 14.8 Å². The number of hydrogen-bond acceptors (Lipinski definition) is 2. The van der Waals surface area contributed by atoms with E-state index >= 15 is 0 Å². The zero-order valence-electron chi connectivity index (χ0n) is 15.4. The van der Waals surface area contributed by atoms with E-state index in [0.717, 1.165) is 38.0 Å². The summed E-state index contributed by atoms with van der Waals surface area (Å²) in [5.74, 6) is 0.802. The molecule has 0 spiro atoms. The van der Waals surface area contributed by atoms with E-state index in [1.807, 2.05) is 18.7 Å². The minimum atomic E-state index is 0.219. The Labute approximate surface area is 150 Å². The highest BCUT2D eigenvalue weighted by atomic mass is 16.2. The van der Waals surface area contributed by atoms with Crippen molar-refractivity contribution in [3.63, 3.8) is 0 Å². The molecule has 1 saturated heterocycles. The quantitative estimate of drug-likeness (QED) is 0.814. The first kappa shape index (κ1) is 17.7. The molecule has 1 fully saturated rings. The Morgan fingerprint density at radius 2 is 2.04 bits per heavy atom. The number of carbonyl (C=O) groups is 1. The van der Waals surface area contributed by atoms with E-state index in [4.69, 9.17) is 0 Å². The Bertz CT molecular complexity index is 740. The van der Waals surface area contributed by atoms with Crippen molar-refractivity contribution in [3.8, 4) is 0 Å². The number of likely N-dealkylation sites (N-methyl/N-ethyl adjacent to an activating group) is 1. The number of fused-ring (bicyclic) bond motifs is 1. The van der Waals surface area contributed by atoms with Crippen molar-refractivity contribution in [2.45, 2.75) is 32.6 Å². The molecule has 4 nitrogen and oxygen atoms in total. The number of aromatic amines is 1. The predicted octanol–water partition coefficient (Wildman–Crippen LogP) is 3.77. The highest BCUT2D eigenvalue weighted by Crippen LogP contribution is 2.32. The molecule has 4 heteroatoms. The standard InChI is InChI=1S/C21H29N3O/c1-4-24(14-16(2)3)21(25)15-23-11-9-17(10-12-23)19-13-22-20-8-6-5-7-18(19)20/h5-8,13,17,22H,2,4,9-12,14-15H2,1,3H3. The van der Waals surface area contributed by atoms with Crippen LogP contribution in [0.25, 0.3) is 10.9 Å². The summed E-state index contributed by atoms with van der Waals surface area (Å²) in [6.45, 7) is 11.8. The third-order valence-corrected chi connectivity index (χ3v) is 5.20. The second-order valence-electron chi connectivity index (χ2n) is 7.21. The summed E-state index contributed by atoms with van der Waals surface area (Å²) in [7, 11) is 0. The smallest absolute Gasteiger partial charge is 0.237 e. The number of likely N-dealkylation sites (tertiary alicyclic amines) is 1. The number of carbonyl (C=O) groups excluding carboxylic acids is 1. The monoisotopic (exact) mass is 339 g/mol. The van der Waals surface area contributed by atoms with Crippen molar-refractivity contribution < 1.29 is 4.79 Å². The fourth-order valence-corrected chi connectivity index (χ4v) is 3.83. The SMILES string of the molecule is C=C(C)CN(CC)C(=O)CN1CCC(c2c[nH]c3ccccc23)CC1. The maximum Gasteiger partial charge on any atom is 0.237 e. The van der Waals surface area contributed by atoms with Crippen molar-refractivity contribution in [2.24, 2.45) is 0 Å². The van der Waals surface area contributed by atoms with Crippen LogP contribution in [0.3, 0.4) is 0 Å². The second-order valence-corrected chi connectivity index (χ2v) is 7.21. The Hall–Kier alpha value is -2.07. The van der Waals surface area contributed by atoms with Crippen molar-refractivity contribution in [1.29, 1.82) is 0 Å². The molecule has 1 aliphatic heterocycles. The molecule has 0 radical (unpaired) electrons. The second kappa shape index (κ2) is 7.87. The van der Waals surface area contributed by atoms with E-state index in [2.05, 4.69) is 46.9 Å². The molecule has 25 heavy (non-hydrogen) atoms. The van der Waals surface area contributed by atoms with Crippen LogP contribution in [-0.4, -0.2) is 53.4 Å². The van der Waals surface area contributed by atoms with Crippen LogP contribution < -0.4 is 0 Å². The van der Waals surface area contributed by atoms with Gasteiger partial charge in [0.25, 0.3) is 0 Å². The number of H-pyrrole nitrogens is 1. The number of aromatic nitrogens is 1. The van der Waals surface area contributed by atoms with E-state index in [1.54, 1.807) is 0 Å². The van der Waals surface area contributed by atoms with Crippen molar-refractivity contribution in [3.05, 3.63) is 48.2 Å². The highest BCUT2D eigenvalue weighted by Gasteiger charge is 2.25. The van der Waals surface area contributed by atoms with Crippen LogP contribution in [0, 0.1) is 0 Å². The van der Waals surface area contributed by atoms with Crippen LogP contribution in [0.5, 0.6) is 0 Å². The fraction of sp³-hybridized carbons (Fsp3) is 0.476. The number of nitrogens with zero attached hydrogens (tertiary/aromatic N) is 2. The number of piperidine rings is 1. The molecule has 0 saturated carbocycles. The molecule has 134 valence electrons. The maximum atomic E-state index is 12.5. The lowest BCUT2D eigenvalue weighted by Gasteiger charge is -2.33. The zero-order chi connectivity index (χ0) is 17.8. The van der Waals surface area contributed by atoms with Gasteiger partial charge in [0.2, 0.25) is 5.91 Å². The lowest BCUT2D eigenvalue weighted by molar-refractivity contribution is -0.132. The van der Waals surface area contributed by atoms with Gasteiger partial charge in [-0.1, -0.05) is 30.4 Å². The first-order chi connectivity index (χ1) is 12.1. The van der Waals surface area contributed by atoms with Gasteiger partial charge in [0, 0.05) is 30.2 Å². The Morgan fingerprint density at radius 3 is 2.72 bits per heavy atom. The molecule has 3 rings (SSSR count). The lowest BCUT2D eigenvalue weighted by Crippen LogP contribution is -2.43. The molecule has 0 atom stereocenters. The summed E-state index contributed by atoms with van der Waals surface area (Å²) < 4.78 is 0. The molecule has 0 unspecified atom stereocenters. The highest BCUT2D eigenvalue weighted by molar-refractivity contribution is 5.83. The van der Waals surface area contributed by atoms with Gasteiger partial charge in [-0.25, -0.2) is 0 Å². The van der Waals surface area contributed by atoms with Gasteiger partial charge in [0.05, 0.1) is 6.54 Å². The minimum Gasteiger partial charge on any atom is -0.361 e. The van der Waals surface area contributed by atoms with Gasteiger partial charge in [-0.05, 0) is 57.3 Å². The van der Waals surface area contributed by atoms with E-state index in [9.17, 15) is 4.79 Å². The van der Waals surface area contributed by atoms with Gasteiger partial charge in [-0.15, -0.1) is 0 Å².